The molecule has 0 saturated carbocycles. The lowest BCUT2D eigenvalue weighted by molar-refractivity contribution is -0.274. The van der Waals surface area contributed by atoms with Crippen LogP contribution in [0.2, 0.25) is 5.02 Å². The SMILES string of the molecule is N#C/C(=C/Nc1ccc(Cl)cc1)C(=O)c1ccccc1OC(F)(F)F. The van der Waals surface area contributed by atoms with Gasteiger partial charge in [-0.3, -0.25) is 4.79 Å². The number of benzene rings is 2. The smallest absolute Gasteiger partial charge is 0.405 e. The molecule has 8 heteroatoms. The number of alkyl halides is 3. The van der Waals surface area contributed by atoms with E-state index < -0.39 is 17.9 Å². The second-order valence-electron chi connectivity index (χ2n) is 4.69. The summed E-state index contributed by atoms with van der Waals surface area (Å²) in [6.07, 6.45) is -3.84. The molecule has 0 heterocycles. The van der Waals surface area contributed by atoms with Crippen molar-refractivity contribution in [3.63, 3.8) is 0 Å². The van der Waals surface area contributed by atoms with Gasteiger partial charge in [-0.1, -0.05) is 23.7 Å². The zero-order valence-electron chi connectivity index (χ0n) is 12.5. The maximum atomic E-state index is 12.4. The van der Waals surface area contributed by atoms with Crippen LogP contribution >= 0.6 is 11.6 Å². The largest absolute Gasteiger partial charge is 0.573 e. The molecule has 25 heavy (non-hydrogen) atoms. The quantitative estimate of drug-likeness (QED) is 0.462. The number of carbonyl (C=O) groups is 1. The number of rotatable bonds is 5. The maximum absolute atomic E-state index is 12.4. The lowest BCUT2D eigenvalue weighted by Crippen LogP contribution is -2.19. The van der Waals surface area contributed by atoms with E-state index in [2.05, 4.69) is 10.1 Å². The molecule has 0 aliphatic heterocycles. The Hall–Kier alpha value is -2.98. The number of nitriles is 1. The number of ether oxygens (including phenoxy) is 1. The molecule has 0 atom stereocenters. The molecule has 0 aliphatic carbocycles. The van der Waals surface area contributed by atoms with Crippen LogP contribution < -0.4 is 10.1 Å². The zero-order valence-corrected chi connectivity index (χ0v) is 13.2. The third-order valence-corrected chi connectivity index (χ3v) is 3.20. The van der Waals surface area contributed by atoms with Crippen LogP contribution in [-0.2, 0) is 0 Å². The van der Waals surface area contributed by atoms with Gasteiger partial charge in [-0.05, 0) is 36.4 Å². The van der Waals surface area contributed by atoms with Crippen LogP contribution in [0.25, 0.3) is 0 Å². The summed E-state index contributed by atoms with van der Waals surface area (Å²) in [6.45, 7) is 0. The van der Waals surface area contributed by atoms with E-state index in [1.54, 1.807) is 30.3 Å². The van der Waals surface area contributed by atoms with Crippen molar-refractivity contribution in [1.29, 1.82) is 5.26 Å². The number of para-hydroxylation sites is 1. The lowest BCUT2D eigenvalue weighted by atomic mass is 10.0. The minimum absolute atomic E-state index is 0.370. The van der Waals surface area contributed by atoms with Crippen LogP contribution in [-0.4, -0.2) is 12.1 Å². The Labute approximate surface area is 146 Å². The van der Waals surface area contributed by atoms with Gasteiger partial charge < -0.3 is 10.1 Å². The van der Waals surface area contributed by atoms with Crippen molar-refractivity contribution >= 4 is 23.1 Å². The van der Waals surface area contributed by atoms with Crippen molar-refractivity contribution in [2.24, 2.45) is 0 Å². The molecule has 128 valence electrons. The van der Waals surface area contributed by atoms with Gasteiger partial charge in [0.1, 0.15) is 17.4 Å². The molecule has 1 N–H and O–H groups in total. The molecule has 0 bridgehead atoms. The molecule has 0 saturated heterocycles. The molecular weight excluding hydrogens is 357 g/mol. The molecule has 2 aromatic carbocycles. The Bertz CT molecular complexity index is 840. The van der Waals surface area contributed by atoms with E-state index in [1.165, 1.54) is 12.1 Å². The highest BCUT2D eigenvalue weighted by molar-refractivity contribution is 6.30. The highest BCUT2D eigenvalue weighted by Crippen LogP contribution is 2.27. The van der Waals surface area contributed by atoms with Crippen LogP contribution in [0, 0.1) is 11.3 Å². The number of allylic oxidation sites excluding steroid dienone is 1. The molecule has 0 fully saturated rings. The average molecular weight is 367 g/mol. The first-order chi connectivity index (χ1) is 11.8. The van der Waals surface area contributed by atoms with E-state index >= 15 is 0 Å². The zero-order chi connectivity index (χ0) is 18.4. The van der Waals surface area contributed by atoms with Gasteiger partial charge in [0, 0.05) is 16.9 Å². The third-order valence-electron chi connectivity index (χ3n) is 2.95. The first kappa shape index (κ1) is 18.4. The van der Waals surface area contributed by atoms with E-state index in [4.69, 9.17) is 16.9 Å². The fraction of sp³-hybridized carbons (Fsp3) is 0.0588. The van der Waals surface area contributed by atoms with Crippen molar-refractivity contribution in [3.05, 3.63) is 70.9 Å². The van der Waals surface area contributed by atoms with Gasteiger partial charge in [0.25, 0.3) is 0 Å². The number of hydrogen-bond donors (Lipinski definition) is 1. The Balaban J connectivity index is 2.27. The van der Waals surface area contributed by atoms with E-state index in [-0.39, 0.29) is 11.1 Å². The Morgan fingerprint density at radius 3 is 2.40 bits per heavy atom. The molecular formula is C17H10ClF3N2O2. The summed E-state index contributed by atoms with van der Waals surface area (Å²) in [7, 11) is 0. The number of hydrogen-bond acceptors (Lipinski definition) is 4. The van der Waals surface area contributed by atoms with Gasteiger partial charge in [-0.25, -0.2) is 0 Å². The second-order valence-corrected chi connectivity index (χ2v) is 5.13. The summed E-state index contributed by atoms with van der Waals surface area (Å²) in [5.74, 6) is -1.57. The molecule has 4 nitrogen and oxygen atoms in total. The number of Topliss-reactive ketones (excluding diaryl/α,β-unsaturated/α-hetero) is 1. The summed E-state index contributed by atoms with van der Waals surface area (Å²) in [5, 5.41) is 12.4. The van der Waals surface area contributed by atoms with Gasteiger partial charge in [0.2, 0.25) is 5.78 Å². The molecule has 0 aliphatic rings. The topological polar surface area (TPSA) is 62.1 Å². The summed E-state index contributed by atoms with van der Waals surface area (Å²) in [4.78, 5) is 12.4. The van der Waals surface area contributed by atoms with Gasteiger partial charge in [0.05, 0.1) is 5.56 Å². The molecule has 2 rings (SSSR count). The number of anilines is 1. The highest BCUT2D eigenvalue weighted by Gasteiger charge is 2.33. The van der Waals surface area contributed by atoms with E-state index in [0.717, 1.165) is 18.3 Å². The number of carbonyl (C=O) groups excluding carboxylic acids is 1. The summed E-state index contributed by atoms with van der Waals surface area (Å²) >= 11 is 5.75. The number of halogens is 4. The van der Waals surface area contributed by atoms with Crippen LogP contribution in [0.15, 0.2) is 60.3 Å². The summed E-state index contributed by atoms with van der Waals surface area (Å²) in [6, 6.07) is 12.9. The standard InChI is InChI=1S/C17H10ClF3N2O2/c18-12-5-7-13(8-6-12)23-10-11(9-22)16(24)14-3-1-2-4-15(14)25-17(19,20)21/h1-8,10,23H/b11-10-. The molecule has 0 spiro atoms. The average Bonchev–Trinajstić information content (AvgIpc) is 2.56. The normalized spacial score (nSPS) is 11.6. The lowest BCUT2D eigenvalue weighted by Gasteiger charge is -2.12. The van der Waals surface area contributed by atoms with E-state index in [9.17, 15) is 18.0 Å². The summed E-state index contributed by atoms with van der Waals surface area (Å²) < 4.78 is 41.1. The predicted molar refractivity (Wildman–Crippen MR) is 86.2 cm³/mol. The Morgan fingerprint density at radius 1 is 1.16 bits per heavy atom. The van der Waals surface area contributed by atoms with Crippen molar-refractivity contribution in [1.82, 2.24) is 0 Å². The predicted octanol–water partition coefficient (Wildman–Crippen LogP) is 4.94. The van der Waals surface area contributed by atoms with Crippen LogP contribution in [0.5, 0.6) is 5.75 Å². The molecule has 0 unspecified atom stereocenters. The minimum atomic E-state index is -4.95. The van der Waals surface area contributed by atoms with E-state index in [0.29, 0.717) is 10.7 Å². The first-order valence-electron chi connectivity index (χ1n) is 6.82. The van der Waals surface area contributed by atoms with E-state index in [1.807, 2.05) is 0 Å². The van der Waals surface area contributed by atoms with Crippen LogP contribution in [0.3, 0.4) is 0 Å². The molecule has 0 aromatic heterocycles. The van der Waals surface area contributed by atoms with Crippen LogP contribution in [0.1, 0.15) is 10.4 Å². The highest BCUT2D eigenvalue weighted by atomic mass is 35.5. The molecule has 0 amide bonds. The second kappa shape index (κ2) is 7.73. The monoisotopic (exact) mass is 366 g/mol. The minimum Gasteiger partial charge on any atom is -0.405 e. The van der Waals surface area contributed by atoms with Crippen molar-refractivity contribution in [2.45, 2.75) is 6.36 Å². The molecule has 0 radical (unpaired) electrons. The Morgan fingerprint density at radius 2 is 1.80 bits per heavy atom. The summed E-state index contributed by atoms with van der Waals surface area (Å²) in [5.41, 5.74) is -0.205. The van der Waals surface area contributed by atoms with Gasteiger partial charge in [-0.2, -0.15) is 5.26 Å². The van der Waals surface area contributed by atoms with Gasteiger partial charge in [-0.15, -0.1) is 13.2 Å². The van der Waals surface area contributed by atoms with Crippen molar-refractivity contribution < 1.29 is 22.7 Å². The number of nitrogens with zero attached hydrogens (tertiary/aromatic N) is 1. The van der Waals surface area contributed by atoms with Gasteiger partial charge in [0.15, 0.2) is 0 Å². The van der Waals surface area contributed by atoms with Gasteiger partial charge >= 0.3 is 6.36 Å². The Kier molecular flexibility index (Phi) is 5.67. The maximum Gasteiger partial charge on any atom is 0.573 e. The first-order valence-corrected chi connectivity index (χ1v) is 7.20. The van der Waals surface area contributed by atoms with Crippen molar-refractivity contribution in [3.8, 4) is 11.8 Å². The number of ketones is 1. The van der Waals surface area contributed by atoms with Crippen molar-refractivity contribution in [2.75, 3.05) is 5.32 Å². The fourth-order valence-corrected chi connectivity index (χ4v) is 1.99. The number of nitrogens with one attached hydrogen (secondary N) is 1. The van der Waals surface area contributed by atoms with Crippen LogP contribution in [0.4, 0.5) is 18.9 Å². The fourth-order valence-electron chi connectivity index (χ4n) is 1.86. The molecule has 2 aromatic rings. The third kappa shape index (κ3) is 5.26.